The molecule has 1 aliphatic heterocycles. The fourth-order valence-electron chi connectivity index (χ4n) is 2.34. The number of anilines is 1. The van der Waals surface area contributed by atoms with E-state index >= 15 is 0 Å². The average molecular weight is 291 g/mol. The first-order valence-electron chi connectivity index (χ1n) is 6.90. The lowest BCUT2D eigenvalue weighted by molar-refractivity contribution is 0.0685. The highest BCUT2D eigenvalue weighted by Crippen LogP contribution is 2.26. The molecule has 8 nitrogen and oxygen atoms in total. The summed E-state index contributed by atoms with van der Waals surface area (Å²) in [5.74, 6) is -0.312. The van der Waals surface area contributed by atoms with Gasteiger partial charge in [0, 0.05) is 13.1 Å². The van der Waals surface area contributed by atoms with Crippen LogP contribution in [0, 0.1) is 0 Å². The highest BCUT2D eigenvalue weighted by atomic mass is 16.5. The van der Waals surface area contributed by atoms with E-state index < -0.39 is 5.97 Å². The van der Waals surface area contributed by atoms with Crippen molar-refractivity contribution in [2.24, 2.45) is 0 Å². The van der Waals surface area contributed by atoms with Gasteiger partial charge in [0.05, 0.1) is 18.9 Å². The molecule has 0 unspecified atom stereocenters. The first-order valence-corrected chi connectivity index (χ1v) is 6.90. The van der Waals surface area contributed by atoms with Gasteiger partial charge in [-0.15, -0.1) is 0 Å². The highest BCUT2D eigenvalue weighted by molar-refractivity contribution is 5.87. The molecule has 21 heavy (non-hydrogen) atoms. The number of rotatable bonds is 3. The Labute approximate surface area is 121 Å². The van der Waals surface area contributed by atoms with Gasteiger partial charge in [-0.05, 0) is 5.92 Å². The molecule has 1 saturated heterocycles. The summed E-state index contributed by atoms with van der Waals surface area (Å²) in [6, 6.07) is 0. The van der Waals surface area contributed by atoms with Crippen molar-refractivity contribution in [1.29, 1.82) is 0 Å². The van der Waals surface area contributed by atoms with Crippen molar-refractivity contribution in [2.75, 3.05) is 31.2 Å². The molecule has 0 atom stereocenters. The number of morpholine rings is 1. The molecule has 0 amide bonds. The zero-order valence-electron chi connectivity index (χ0n) is 12.0. The molecule has 0 bridgehead atoms. The van der Waals surface area contributed by atoms with Crippen LogP contribution in [0.5, 0.6) is 0 Å². The van der Waals surface area contributed by atoms with E-state index in [0.29, 0.717) is 24.5 Å². The standard InChI is InChI=1S/C13H17N5O3/c1-7(2)8-12(18-3-5-21-6-4-18)17-10-9(14-8)15-11(16-10)13(19)20/h7H,3-6H2,1-2H3,(H,19,20)(H,14,15,16,17). The van der Waals surface area contributed by atoms with E-state index in [-0.39, 0.29) is 11.7 Å². The van der Waals surface area contributed by atoms with Crippen LogP contribution in [0.15, 0.2) is 0 Å². The molecule has 0 spiro atoms. The van der Waals surface area contributed by atoms with Crippen LogP contribution < -0.4 is 4.90 Å². The number of aromatic carboxylic acids is 1. The number of nitrogens with one attached hydrogen (secondary N) is 1. The van der Waals surface area contributed by atoms with Gasteiger partial charge in [-0.2, -0.15) is 0 Å². The van der Waals surface area contributed by atoms with Gasteiger partial charge in [-0.1, -0.05) is 13.8 Å². The number of nitrogens with zero attached hydrogens (tertiary/aromatic N) is 4. The molecule has 1 aliphatic rings. The van der Waals surface area contributed by atoms with Crippen molar-refractivity contribution in [3.05, 3.63) is 11.5 Å². The van der Waals surface area contributed by atoms with E-state index in [1.165, 1.54) is 0 Å². The lowest BCUT2D eigenvalue weighted by atomic mass is 10.1. The molecule has 1 fully saturated rings. The molecule has 8 heteroatoms. The van der Waals surface area contributed by atoms with E-state index in [4.69, 9.17) is 9.84 Å². The molecule has 2 aromatic heterocycles. The third kappa shape index (κ3) is 2.54. The molecule has 3 rings (SSSR count). The molecule has 0 aliphatic carbocycles. The summed E-state index contributed by atoms with van der Waals surface area (Å²) in [4.78, 5) is 28.8. The number of carboxylic acids is 1. The first-order chi connectivity index (χ1) is 10.1. The Bertz CT molecular complexity index is 676. The van der Waals surface area contributed by atoms with Gasteiger partial charge in [0.1, 0.15) is 0 Å². The Morgan fingerprint density at radius 2 is 2.00 bits per heavy atom. The monoisotopic (exact) mass is 291 g/mol. The topological polar surface area (TPSA) is 104 Å². The molecule has 0 aromatic carbocycles. The third-order valence-corrected chi connectivity index (χ3v) is 3.40. The largest absolute Gasteiger partial charge is 0.475 e. The van der Waals surface area contributed by atoms with Crippen molar-refractivity contribution in [3.63, 3.8) is 0 Å². The van der Waals surface area contributed by atoms with Gasteiger partial charge in [0.25, 0.3) is 0 Å². The Balaban J connectivity index is 2.11. The van der Waals surface area contributed by atoms with E-state index in [9.17, 15) is 4.79 Å². The maximum absolute atomic E-state index is 11.0. The van der Waals surface area contributed by atoms with Crippen LogP contribution in [0.1, 0.15) is 36.1 Å². The van der Waals surface area contributed by atoms with Gasteiger partial charge in [0.2, 0.25) is 5.82 Å². The van der Waals surface area contributed by atoms with Crippen LogP contribution in [-0.4, -0.2) is 57.3 Å². The van der Waals surface area contributed by atoms with Crippen molar-refractivity contribution < 1.29 is 14.6 Å². The summed E-state index contributed by atoms with van der Waals surface area (Å²) in [5, 5.41) is 9.01. The SMILES string of the molecule is CC(C)c1nc2[nH]c(C(=O)O)nc2nc1N1CCOCC1. The second-order valence-corrected chi connectivity index (χ2v) is 5.25. The summed E-state index contributed by atoms with van der Waals surface area (Å²) < 4.78 is 5.36. The third-order valence-electron chi connectivity index (χ3n) is 3.40. The first kappa shape index (κ1) is 13.7. The molecular weight excluding hydrogens is 274 g/mol. The number of carbonyl (C=O) groups is 1. The molecule has 2 N–H and O–H groups in total. The van der Waals surface area contributed by atoms with Crippen molar-refractivity contribution in [3.8, 4) is 0 Å². The molecule has 112 valence electrons. The molecule has 3 heterocycles. The minimum absolute atomic E-state index is 0.140. The Hall–Kier alpha value is -2.22. The molecule has 2 aromatic rings. The average Bonchev–Trinajstić information content (AvgIpc) is 2.90. The van der Waals surface area contributed by atoms with Crippen molar-refractivity contribution in [2.45, 2.75) is 19.8 Å². The normalized spacial score (nSPS) is 15.9. The van der Waals surface area contributed by atoms with E-state index in [0.717, 1.165) is 24.6 Å². The number of imidazole rings is 1. The van der Waals surface area contributed by atoms with E-state index in [1.807, 2.05) is 13.8 Å². The number of hydrogen-bond acceptors (Lipinski definition) is 6. The van der Waals surface area contributed by atoms with E-state index in [2.05, 4.69) is 24.8 Å². The van der Waals surface area contributed by atoms with Crippen LogP contribution in [0.4, 0.5) is 5.82 Å². The number of ether oxygens (including phenoxy) is 1. The minimum atomic E-state index is -1.12. The van der Waals surface area contributed by atoms with Gasteiger partial charge in [-0.3, -0.25) is 0 Å². The van der Waals surface area contributed by atoms with Crippen molar-refractivity contribution in [1.82, 2.24) is 19.9 Å². The van der Waals surface area contributed by atoms with Crippen LogP contribution in [0.25, 0.3) is 11.3 Å². The van der Waals surface area contributed by atoms with Gasteiger partial charge >= 0.3 is 5.97 Å². The fraction of sp³-hybridized carbons (Fsp3) is 0.538. The Morgan fingerprint density at radius 3 is 2.62 bits per heavy atom. The van der Waals surface area contributed by atoms with Crippen molar-refractivity contribution >= 4 is 23.1 Å². The van der Waals surface area contributed by atoms with Crippen LogP contribution in [0.2, 0.25) is 0 Å². The maximum Gasteiger partial charge on any atom is 0.372 e. The van der Waals surface area contributed by atoms with Gasteiger partial charge in [0.15, 0.2) is 17.1 Å². The Kier molecular flexibility index (Phi) is 3.46. The molecule has 0 saturated carbocycles. The van der Waals surface area contributed by atoms with Gasteiger partial charge < -0.3 is 19.7 Å². The lowest BCUT2D eigenvalue weighted by Crippen LogP contribution is -2.37. The summed E-state index contributed by atoms with van der Waals surface area (Å²) in [6.07, 6.45) is 0. The number of H-pyrrole nitrogens is 1. The summed E-state index contributed by atoms with van der Waals surface area (Å²) >= 11 is 0. The highest BCUT2D eigenvalue weighted by Gasteiger charge is 2.22. The predicted octanol–water partition coefficient (Wildman–Crippen LogP) is 1.01. The van der Waals surface area contributed by atoms with Crippen LogP contribution in [-0.2, 0) is 4.74 Å². The van der Waals surface area contributed by atoms with E-state index in [1.54, 1.807) is 0 Å². The van der Waals surface area contributed by atoms with Gasteiger partial charge in [-0.25, -0.2) is 19.7 Å². The number of hydrogen-bond donors (Lipinski definition) is 2. The van der Waals surface area contributed by atoms with Crippen LogP contribution in [0.3, 0.4) is 0 Å². The number of fused-ring (bicyclic) bond motifs is 1. The zero-order chi connectivity index (χ0) is 15.0. The minimum Gasteiger partial charge on any atom is -0.475 e. The quantitative estimate of drug-likeness (QED) is 0.869. The number of carboxylic acid groups (broad SMARTS) is 1. The molecular formula is C13H17N5O3. The number of aromatic nitrogens is 4. The number of aromatic amines is 1. The Morgan fingerprint density at radius 1 is 1.29 bits per heavy atom. The smallest absolute Gasteiger partial charge is 0.372 e. The lowest BCUT2D eigenvalue weighted by Gasteiger charge is -2.29. The molecule has 0 radical (unpaired) electrons. The second kappa shape index (κ2) is 5.28. The second-order valence-electron chi connectivity index (χ2n) is 5.25. The van der Waals surface area contributed by atoms with Crippen LogP contribution >= 0.6 is 0 Å². The predicted molar refractivity (Wildman–Crippen MR) is 75.8 cm³/mol. The zero-order valence-corrected chi connectivity index (χ0v) is 12.0. The summed E-state index contributed by atoms with van der Waals surface area (Å²) in [6.45, 7) is 6.87. The fourth-order valence-corrected chi connectivity index (χ4v) is 2.34. The summed E-state index contributed by atoms with van der Waals surface area (Å²) in [5.41, 5.74) is 1.58. The summed E-state index contributed by atoms with van der Waals surface area (Å²) in [7, 11) is 0. The maximum atomic E-state index is 11.0.